The van der Waals surface area contributed by atoms with Crippen molar-refractivity contribution in [3.63, 3.8) is 0 Å². The second kappa shape index (κ2) is 13.2. The van der Waals surface area contributed by atoms with E-state index in [9.17, 15) is 14.4 Å². The fraction of sp³-hybridized carbons (Fsp3) is 0.351. The topological polar surface area (TPSA) is 97.9 Å². The number of fused-ring (bicyclic) bond motifs is 2. The molecule has 6 rings (SSSR count). The van der Waals surface area contributed by atoms with E-state index in [1.807, 2.05) is 68.5 Å². The van der Waals surface area contributed by atoms with Crippen LogP contribution in [0, 0.1) is 13.8 Å². The number of hydrogen-bond donors (Lipinski definition) is 1. The largest absolute Gasteiger partial charge is 0.493 e. The van der Waals surface area contributed by atoms with Crippen LogP contribution < -0.4 is 10.1 Å². The number of aromatic nitrogens is 2. The van der Waals surface area contributed by atoms with Gasteiger partial charge in [-0.15, -0.1) is 0 Å². The third-order valence-electron chi connectivity index (χ3n) is 9.01. The van der Waals surface area contributed by atoms with Gasteiger partial charge in [-0.1, -0.05) is 24.3 Å². The molecule has 0 spiro atoms. The number of ether oxygens (including phenoxy) is 1. The molecule has 0 saturated carbocycles. The molecule has 0 bridgehead atoms. The van der Waals surface area contributed by atoms with Crippen molar-refractivity contribution >= 4 is 35.2 Å². The number of piperidine rings is 1. The molecule has 238 valence electrons. The Morgan fingerprint density at radius 1 is 0.978 bits per heavy atom. The van der Waals surface area contributed by atoms with Gasteiger partial charge in [-0.25, -0.2) is 0 Å². The van der Waals surface area contributed by atoms with E-state index in [4.69, 9.17) is 4.74 Å². The molecule has 2 aliphatic rings. The number of nitrogens with zero attached hydrogens (tertiary/aromatic N) is 4. The molecule has 1 N–H and O–H groups in total. The van der Waals surface area contributed by atoms with Crippen molar-refractivity contribution in [2.45, 2.75) is 58.4 Å². The molecule has 2 aromatic carbocycles. The molecule has 1 fully saturated rings. The lowest BCUT2D eigenvalue weighted by atomic mass is 10.0. The summed E-state index contributed by atoms with van der Waals surface area (Å²) >= 11 is 0. The lowest BCUT2D eigenvalue weighted by molar-refractivity contribution is -0.116. The monoisotopic (exact) mass is 619 g/mol. The number of amides is 2. The average Bonchev–Trinajstić information content (AvgIpc) is 3.54. The zero-order valence-electron chi connectivity index (χ0n) is 27.0. The van der Waals surface area contributed by atoms with Crippen LogP contribution in [0.5, 0.6) is 5.75 Å². The molecule has 4 aromatic rings. The third kappa shape index (κ3) is 6.68. The lowest BCUT2D eigenvalue weighted by Crippen LogP contribution is -2.43. The highest BCUT2D eigenvalue weighted by molar-refractivity contribution is 6.03. The molecule has 1 atom stereocenters. The van der Waals surface area contributed by atoms with Gasteiger partial charge in [-0.05, 0) is 80.0 Å². The number of Topliss-reactive ketones (excluding diaryl/α,β-unsaturated/α-hetero) is 1. The molecule has 46 heavy (non-hydrogen) atoms. The van der Waals surface area contributed by atoms with E-state index in [1.54, 1.807) is 16.8 Å². The molecule has 9 nitrogen and oxygen atoms in total. The van der Waals surface area contributed by atoms with Crippen molar-refractivity contribution in [3.8, 4) is 16.9 Å². The van der Waals surface area contributed by atoms with Crippen molar-refractivity contribution in [1.29, 1.82) is 0 Å². The van der Waals surface area contributed by atoms with Crippen LogP contribution in [0.2, 0.25) is 0 Å². The van der Waals surface area contributed by atoms with Gasteiger partial charge in [0.2, 0.25) is 5.91 Å². The SMILES string of the molecule is Cc1cc2c(cc1OCCCC(=O)Nc1cc(C(=O)Cc3ccc(-c4cc(C)n(C)c4)cc3)n(C)c1)N=C[C@@H]1CCCCN1C2=O. The van der Waals surface area contributed by atoms with Crippen LogP contribution in [-0.4, -0.2) is 57.0 Å². The summed E-state index contributed by atoms with van der Waals surface area (Å²) in [6, 6.07) is 15.7. The number of aliphatic imine (C=N–C) groups is 1. The third-order valence-corrected chi connectivity index (χ3v) is 9.01. The number of aryl methyl sites for hydroxylation is 4. The van der Waals surface area contributed by atoms with Crippen molar-refractivity contribution in [2.75, 3.05) is 18.5 Å². The first-order chi connectivity index (χ1) is 22.2. The van der Waals surface area contributed by atoms with E-state index in [0.29, 0.717) is 41.4 Å². The highest BCUT2D eigenvalue weighted by atomic mass is 16.5. The molecule has 0 unspecified atom stereocenters. The molecule has 2 aliphatic heterocycles. The fourth-order valence-corrected chi connectivity index (χ4v) is 6.27. The summed E-state index contributed by atoms with van der Waals surface area (Å²) in [5.74, 6) is 0.532. The highest BCUT2D eigenvalue weighted by Crippen LogP contribution is 2.34. The number of carbonyl (C=O) groups is 3. The van der Waals surface area contributed by atoms with Gasteiger partial charge in [-0.2, -0.15) is 0 Å². The summed E-state index contributed by atoms with van der Waals surface area (Å²) in [5.41, 5.74) is 7.63. The molecule has 2 amide bonds. The molecule has 1 saturated heterocycles. The lowest BCUT2D eigenvalue weighted by Gasteiger charge is -2.32. The van der Waals surface area contributed by atoms with Crippen LogP contribution in [0.3, 0.4) is 0 Å². The van der Waals surface area contributed by atoms with Gasteiger partial charge in [0.25, 0.3) is 5.91 Å². The Morgan fingerprint density at radius 2 is 1.78 bits per heavy atom. The van der Waals surface area contributed by atoms with Gasteiger partial charge in [0, 0.05) is 63.9 Å². The van der Waals surface area contributed by atoms with Crippen LogP contribution in [0.1, 0.15) is 69.8 Å². The summed E-state index contributed by atoms with van der Waals surface area (Å²) < 4.78 is 9.86. The minimum absolute atomic E-state index is 0.0159. The first-order valence-corrected chi connectivity index (χ1v) is 16.0. The Kier molecular flexibility index (Phi) is 8.92. The summed E-state index contributed by atoms with van der Waals surface area (Å²) in [6.07, 6.45) is 9.87. The predicted octanol–water partition coefficient (Wildman–Crippen LogP) is 6.58. The van der Waals surface area contributed by atoms with Gasteiger partial charge in [0.05, 0.1) is 35.3 Å². The number of ketones is 1. The van der Waals surface area contributed by atoms with Crippen molar-refractivity contribution in [3.05, 3.63) is 89.0 Å². The van der Waals surface area contributed by atoms with Crippen LogP contribution >= 0.6 is 0 Å². The molecular formula is C37H41N5O4. The number of anilines is 1. The minimum Gasteiger partial charge on any atom is -0.493 e. The predicted molar refractivity (Wildman–Crippen MR) is 180 cm³/mol. The second-order valence-electron chi connectivity index (χ2n) is 12.5. The zero-order chi connectivity index (χ0) is 32.4. The zero-order valence-corrected chi connectivity index (χ0v) is 27.0. The smallest absolute Gasteiger partial charge is 0.256 e. The summed E-state index contributed by atoms with van der Waals surface area (Å²) in [6.45, 7) is 5.11. The minimum atomic E-state index is -0.148. The van der Waals surface area contributed by atoms with Gasteiger partial charge in [0.15, 0.2) is 5.78 Å². The summed E-state index contributed by atoms with van der Waals surface area (Å²) in [5, 5.41) is 2.91. The molecule has 4 heterocycles. The molecule has 9 heteroatoms. The van der Waals surface area contributed by atoms with Gasteiger partial charge < -0.3 is 24.1 Å². The number of nitrogens with one attached hydrogen (secondary N) is 1. The van der Waals surface area contributed by atoms with Crippen LogP contribution in [0.15, 0.2) is 65.9 Å². The van der Waals surface area contributed by atoms with Crippen LogP contribution in [0.25, 0.3) is 11.1 Å². The van der Waals surface area contributed by atoms with E-state index >= 15 is 0 Å². The molecule has 0 radical (unpaired) electrons. The fourth-order valence-electron chi connectivity index (χ4n) is 6.27. The molecule has 2 aromatic heterocycles. The highest BCUT2D eigenvalue weighted by Gasteiger charge is 2.30. The Balaban J connectivity index is 0.993. The normalized spacial score (nSPS) is 15.7. The van der Waals surface area contributed by atoms with Crippen molar-refractivity contribution in [2.24, 2.45) is 19.1 Å². The van der Waals surface area contributed by atoms with E-state index in [2.05, 4.69) is 34.1 Å². The number of benzene rings is 2. The maximum Gasteiger partial charge on any atom is 0.256 e. The first-order valence-electron chi connectivity index (χ1n) is 16.0. The Hall–Kier alpha value is -4.92. The number of rotatable bonds is 10. The van der Waals surface area contributed by atoms with Crippen molar-refractivity contribution in [1.82, 2.24) is 14.0 Å². The van der Waals surface area contributed by atoms with Gasteiger partial charge >= 0.3 is 0 Å². The second-order valence-corrected chi connectivity index (χ2v) is 12.5. The Bertz CT molecular complexity index is 1790. The molecule has 0 aliphatic carbocycles. The maximum atomic E-state index is 13.2. The van der Waals surface area contributed by atoms with Crippen LogP contribution in [0.4, 0.5) is 11.4 Å². The van der Waals surface area contributed by atoms with E-state index in [-0.39, 0.29) is 36.5 Å². The first kappa shape index (κ1) is 31.1. The maximum absolute atomic E-state index is 13.2. The van der Waals surface area contributed by atoms with Crippen molar-refractivity contribution < 1.29 is 19.1 Å². The van der Waals surface area contributed by atoms with Gasteiger partial charge in [0.1, 0.15) is 5.75 Å². The number of carbonyl (C=O) groups excluding carboxylic acids is 3. The quantitative estimate of drug-likeness (QED) is 0.160. The number of hydrogen-bond acceptors (Lipinski definition) is 5. The van der Waals surface area contributed by atoms with E-state index in [0.717, 1.165) is 48.1 Å². The molecular weight excluding hydrogens is 578 g/mol. The Morgan fingerprint density at radius 3 is 2.54 bits per heavy atom. The van der Waals surface area contributed by atoms with E-state index in [1.165, 1.54) is 5.69 Å². The van der Waals surface area contributed by atoms with Crippen LogP contribution in [-0.2, 0) is 25.3 Å². The summed E-state index contributed by atoms with van der Waals surface area (Å²) in [7, 11) is 3.84. The summed E-state index contributed by atoms with van der Waals surface area (Å²) in [4.78, 5) is 45.6. The Labute approximate surface area is 269 Å². The standard InChI is InChI=1S/C37H41N5O4/c1-24-16-31-32(38-21-30-8-5-6-14-42(30)37(31)45)20-35(24)46-15-7-9-36(44)39-29-19-33(41(4)23-29)34(43)18-26-10-12-27(13-11-26)28-17-25(2)40(3)22-28/h10-13,16-17,19-23,30H,5-9,14-15,18H2,1-4H3,(H,39,44)/t30-/m0/s1. The average molecular weight is 620 g/mol. The van der Waals surface area contributed by atoms with Gasteiger partial charge in [-0.3, -0.25) is 19.4 Å². The van der Waals surface area contributed by atoms with E-state index < -0.39 is 0 Å².